The van der Waals surface area contributed by atoms with Gasteiger partial charge in [0, 0.05) is 18.0 Å². The number of pyridine rings is 1. The summed E-state index contributed by atoms with van der Waals surface area (Å²) in [6.45, 7) is 4.01. The van der Waals surface area contributed by atoms with Crippen LogP contribution >= 0.6 is 11.6 Å². The van der Waals surface area contributed by atoms with E-state index in [1.165, 1.54) is 19.3 Å². The highest BCUT2D eigenvalue weighted by Gasteiger charge is 2.21. The standard InChI is InChI=1S/C23H26ClN3O4/c1-13-10-19(30-12-20-26-23(29)31-27-20)21(24)14(2)17(13)11-16-8-9-18(28)22(25-16)15-6-4-3-5-7-15/h8-10,15,28H,3-7,11-12H2,1-2H3,(H,26,27,29). The monoisotopic (exact) mass is 443 g/mol. The second-order valence-electron chi connectivity index (χ2n) is 8.16. The summed E-state index contributed by atoms with van der Waals surface area (Å²) >= 11 is 6.59. The van der Waals surface area contributed by atoms with Gasteiger partial charge in [0.1, 0.15) is 18.1 Å². The number of benzene rings is 1. The summed E-state index contributed by atoms with van der Waals surface area (Å²) in [6.07, 6.45) is 6.41. The highest BCUT2D eigenvalue weighted by atomic mass is 35.5. The highest BCUT2D eigenvalue weighted by Crippen LogP contribution is 2.37. The Morgan fingerprint density at radius 1 is 1.26 bits per heavy atom. The Morgan fingerprint density at radius 3 is 2.74 bits per heavy atom. The number of rotatable bonds is 6. The number of aromatic nitrogens is 3. The Bertz CT molecular complexity index is 1130. The van der Waals surface area contributed by atoms with Gasteiger partial charge < -0.3 is 9.84 Å². The van der Waals surface area contributed by atoms with Gasteiger partial charge in [-0.25, -0.2) is 4.79 Å². The van der Waals surface area contributed by atoms with Gasteiger partial charge in [0.25, 0.3) is 0 Å². The number of nitrogens with zero attached hydrogens (tertiary/aromatic N) is 2. The predicted octanol–water partition coefficient (Wildman–Crippen LogP) is 4.95. The van der Waals surface area contributed by atoms with Crippen molar-refractivity contribution in [1.82, 2.24) is 15.1 Å². The number of nitrogens with one attached hydrogen (secondary N) is 1. The molecule has 31 heavy (non-hydrogen) atoms. The van der Waals surface area contributed by atoms with E-state index in [1.807, 2.05) is 26.0 Å². The lowest BCUT2D eigenvalue weighted by atomic mass is 9.86. The number of aromatic hydroxyl groups is 1. The molecule has 0 saturated heterocycles. The molecule has 0 amide bonds. The first-order valence-corrected chi connectivity index (χ1v) is 10.9. The van der Waals surface area contributed by atoms with Crippen molar-refractivity contribution >= 4 is 11.6 Å². The van der Waals surface area contributed by atoms with E-state index in [4.69, 9.17) is 21.3 Å². The van der Waals surface area contributed by atoms with E-state index >= 15 is 0 Å². The summed E-state index contributed by atoms with van der Waals surface area (Å²) in [5.41, 5.74) is 4.76. The molecule has 0 unspecified atom stereocenters. The van der Waals surface area contributed by atoms with Crippen LogP contribution in [0.15, 0.2) is 27.5 Å². The Balaban J connectivity index is 1.56. The summed E-state index contributed by atoms with van der Waals surface area (Å²) in [4.78, 5) is 18.3. The van der Waals surface area contributed by atoms with Gasteiger partial charge >= 0.3 is 5.76 Å². The molecular formula is C23H26ClN3O4. The van der Waals surface area contributed by atoms with Crippen molar-refractivity contribution in [2.75, 3.05) is 0 Å². The van der Waals surface area contributed by atoms with Crippen molar-refractivity contribution in [3.63, 3.8) is 0 Å². The third-order valence-corrected chi connectivity index (χ3v) is 6.45. The third-order valence-electron chi connectivity index (χ3n) is 5.98. The fraction of sp³-hybridized carbons (Fsp3) is 0.435. The molecule has 1 aliphatic rings. The van der Waals surface area contributed by atoms with Gasteiger partial charge in [-0.1, -0.05) is 36.0 Å². The van der Waals surface area contributed by atoms with E-state index in [2.05, 4.69) is 14.7 Å². The van der Waals surface area contributed by atoms with Crippen molar-refractivity contribution in [2.45, 2.75) is 64.9 Å². The molecule has 2 aromatic heterocycles. The molecule has 2 N–H and O–H groups in total. The van der Waals surface area contributed by atoms with Gasteiger partial charge in [-0.2, -0.15) is 0 Å². The molecule has 1 saturated carbocycles. The molecule has 0 aliphatic heterocycles. The second kappa shape index (κ2) is 9.14. The van der Waals surface area contributed by atoms with Crippen LogP contribution in [-0.2, 0) is 13.0 Å². The normalized spacial score (nSPS) is 14.7. The fourth-order valence-corrected chi connectivity index (χ4v) is 4.49. The molecule has 0 spiro atoms. The number of hydrogen-bond acceptors (Lipinski definition) is 6. The molecule has 2 heterocycles. The SMILES string of the molecule is Cc1cc(OCc2noc(=O)[nH]2)c(Cl)c(C)c1Cc1ccc(O)c(C2CCCCC2)n1. The van der Waals surface area contributed by atoms with Crippen molar-refractivity contribution in [3.8, 4) is 11.5 Å². The van der Waals surface area contributed by atoms with Gasteiger partial charge in [-0.3, -0.25) is 14.5 Å². The van der Waals surface area contributed by atoms with Crippen LogP contribution in [0.1, 0.15) is 71.9 Å². The van der Waals surface area contributed by atoms with Gasteiger partial charge in [-0.15, -0.1) is 0 Å². The maximum atomic E-state index is 11.1. The van der Waals surface area contributed by atoms with Crippen LogP contribution in [0.5, 0.6) is 11.5 Å². The highest BCUT2D eigenvalue weighted by molar-refractivity contribution is 6.33. The Morgan fingerprint density at radius 2 is 2.03 bits per heavy atom. The zero-order chi connectivity index (χ0) is 22.0. The molecule has 3 aromatic rings. The van der Waals surface area contributed by atoms with Gasteiger partial charge in [-0.05, 0) is 61.6 Å². The first-order valence-electron chi connectivity index (χ1n) is 10.6. The van der Waals surface area contributed by atoms with Crippen molar-refractivity contribution < 1.29 is 14.4 Å². The van der Waals surface area contributed by atoms with Gasteiger partial charge in [0.2, 0.25) is 0 Å². The lowest BCUT2D eigenvalue weighted by Gasteiger charge is -2.22. The van der Waals surface area contributed by atoms with E-state index in [-0.39, 0.29) is 12.4 Å². The zero-order valence-corrected chi connectivity index (χ0v) is 18.5. The molecule has 0 atom stereocenters. The minimum atomic E-state index is -0.624. The molecule has 4 rings (SSSR count). The molecule has 1 aliphatic carbocycles. The molecular weight excluding hydrogens is 418 g/mol. The average molecular weight is 444 g/mol. The van der Waals surface area contributed by atoms with E-state index < -0.39 is 5.76 Å². The lowest BCUT2D eigenvalue weighted by molar-refractivity contribution is 0.285. The second-order valence-corrected chi connectivity index (χ2v) is 8.54. The van der Waals surface area contributed by atoms with Crippen LogP contribution in [0.25, 0.3) is 0 Å². The quantitative estimate of drug-likeness (QED) is 0.558. The molecule has 1 aromatic carbocycles. The molecule has 0 bridgehead atoms. The minimum Gasteiger partial charge on any atom is -0.506 e. The van der Waals surface area contributed by atoms with Crippen molar-refractivity contribution in [1.29, 1.82) is 0 Å². The first kappa shape index (κ1) is 21.4. The van der Waals surface area contributed by atoms with Crippen LogP contribution in [0.2, 0.25) is 5.02 Å². The Hall–Kier alpha value is -2.80. The van der Waals surface area contributed by atoms with Crippen LogP contribution in [-0.4, -0.2) is 20.2 Å². The van der Waals surface area contributed by atoms with Gasteiger partial charge in [0.05, 0.1) is 10.7 Å². The first-order chi connectivity index (χ1) is 14.9. The number of ether oxygens (including phenoxy) is 1. The lowest BCUT2D eigenvalue weighted by Crippen LogP contribution is -2.09. The van der Waals surface area contributed by atoms with Crippen molar-refractivity contribution in [3.05, 3.63) is 67.7 Å². The average Bonchev–Trinajstić information content (AvgIpc) is 3.19. The van der Waals surface area contributed by atoms with Crippen LogP contribution in [0.3, 0.4) is 0 Å². The van der Waals surface area contributed by atoms with E-state index in [9.17, 15) is 9.90 Å². The molecule has 8 heteroatoms. The third kappa shape index (κ3) is 4.77. The summed E-state index contributed by atoms with van der Waals surface area (Å²) in [5.74, 6) is 0.811. The van der Waals surface area contributed by atoms with E-state index in [0.717, 1.165) is 40.9 Å². The molecule has 164 valence electrons. The maximum Gasteiger partial charge on any atom is 0.439 e. The Kier molecular flexibility index (Phi) is 6.32. The summed E-state index contributed by atoms with van der Waals surface area (Å²) in [5, 5.41) is 14.5. The van der Waals surface area contributed by atoms with Crippen molar-refractivity contribution in [2.24, 2.45) is 0 Å². The Labute approximate surface area is 185 Å². The number of hydrogen-bond donors (Lipinski definition) is 2. The maximum absolute atomic E-state index is 11.1. The summed E-state index contributed by atoms with van der Waals surface area (Å²) < 4.78 is 10.2. The van der Waals surface area contributed by atoms with Gasteiger partial charge in [0.15, 0.2) is 5.82 Å². The number of halogens is 1. The predicted molar refractivity (Wildman–Crippen MR) is 117 cm³/mol. The summed E-state index contributed by atoms with van der Waals surface area (Å²) in [6, 6.07) is 5.51. The molecule has 1 fully saturated rings. The number of aromatic amines is 1. The minimum absolute atomic E-state index is 0.0496. The van der Waals surface area contributed by atoms with Crippen LogP contribution in [0, 0.1) is 13.8 Å². The zero-order valence-electron chi connectivity index (χ0n) is 17.7. The largest absolute Gasteiger partial charge is 0.506 e. The molecule has 0 radical (unpaired) electrons. The molecule has 7 nitrogen and oxygen atoms in total. The number of H-pyrrole nitrogens is 1. The fourth-order valence-electron chi connectivity index (χ4n) is 4.27. The van der Waals surface area contributed by atoms with E-state index in [1.54, 1.807) is 6.07 Å². The number of aryl methyl sites for hydroxylation is 1. The smallest absolute Gasteiger partial charge is 0.439 e. The van der Waals surface area contributed by atoms with E-state index in [0.29, 0.717) is 28.9 Å². The summed E-state index contributed by atoms with van der Waals surface area (Å²) in [7, 11) is 0. The topological polar surface area (TPSA) is 101 Å². The van der Waals surface area contributed by atoms with Crippen LogP contribution in [0.4, 0.5) is 0 Å². The van der Waals surface area contributed by atoms with Crippen LogP contribution < -0.4 is 10.5 Å².